The summed E-state index contributed by atoms with van der Waals surface area (Å²) in [6.07, 6.45) is 7.12. The van der Waals surface area contributed by atoms with Crippen molar-refractivity contribution in [2.24, 2.45) is 0 Å². The second-order valence-corrected chi connectivity index (χ2v) is 14.8. The van der Waals surface area contributed by atoms with Crippen molar-refractivity contribution in [2.75, 3.05) is 57.4 Å². The first-order valence-electron chi connectivity index (χ1n) is 19.6. The number of ether oxygens (including phenoxy) is 2. The molecule has 5 heterocycles. The Balaban J connectivity index is 0.742. The molecule has 9 rings (SSSR count). The summed E-state index contributed by atoms with van der Waals surface area (Å²) in [6.45, 7) is 5.56. The molecule has 4 aliphatic rings. The molecule has 0 spiro atoms. The number of nitrogens with one attached hydrogen (secondary N) is 1. The number of piperidine rings is 1. The Morgan fingerprint density at radius 1 is 0.690 bits per heavy atom. The second kappa shape index (κ2) is 15.8. The van der Waals surface area contributed by atoms with E-state index in [2.05, 4.69) is 56.6 Å². The number of benzene rings is 3. The summed E-state index contributed by atoms with van der Waals surface area (Å²) < 4.78 is 13.6. The lowest BCUT2D eigenvalue weighted by atomic mass is 9.98. The lowest BCUT2D eigenvalue weighted by Crippen LogP contribution is -2.54. The van der Waals surface area contributed by atoms with Crippen LogP contribution in [0.2, 0.25) is 0 Å². The van der Waals surface area contributed by atoms with E-state index in [1.165, 1.54) is 12.1 Å². The van der Waals surface area contributed by atoms with Crippen LogP contribution in [0.1, 0.15) is 55.9 Å². The highest BCUT2D eigenvalue weighted by molar-refractivity contribution is 6.23. The van der Waals surface area contributed by atoms with Crippen LogP contribution in [0.15, 0.2) is 91.4 Å². The number of aryl methyl sites for hydroxylation is 1. The smallest absolute Gasteiger partial charge is 0.262 e. The van der Waals surface area contributed by atoms with Gasteiger partial charge in [0, 0.05) is 86.5 Å². The number of hydrogen-bond acceptors (Lipinski definition) is 11. The average Bonchev–Trinajstić information content (AvgIpc) is 3.93. The molecule has 5 aromatic rings. The summed E-state index contributed by atoms with van der Waals surface area (Å²) >= 11 is 0. The molecule has 4 amide bonds. The summed E-state index contributed by atoms with van der Waals surface area (Å²) in [5.74, 6) is -1.54. The van der Waals surface area contributed by atoms with Gasteiger partial charge in [0.15, 0.2) is 5.78 Å². The highest BCUT2D eigenvalue weighted by Crippen LogP contribution is 2.35. The molecule has 3 aliphatic heterocycles. The van der Waals surface area contributed by atoms with Crippen molar-refractivity contribution in [3.05, 3.63) is 114 Å². The zero-order valence-electron chi connectivity index (χ0n) is 31.8. The third-order valence-corrected chi connectivity index (χ3v) is 11.3. The van der Waals surface area contributed by atoms with E-state index in [-0.39, 0.29) is 36.4 Å². The Labute approximate surface area is 334 Å². The number of piperazine rings is 1. The van der Waals surface area contributed by atoms with Crippen molar-refractivity contribution < 1.29 is 33.4 Å². The molecule has 1 unspecified atom stereocenters. The number of carbonyl (C=O) groups is 5. The van der Waals surface area contributed by atoms with E-state index in [0.717, 1.165) is 88.9 Å². The first kappa shape index (κ1) is 37.1. The monoisotopic (exact) mass is 779 g/mol. The standard InChI is InChI=1S/C44H41N7O7/c52-39-11-2-29-25-30(1-8-34(29)39)37-27-50(47-41(37)28-13-15-45-16-14-28)32-5-3-31(4-6-32)49-19-17-48(18-20-49)21-22-57-23-24-58-33-7-9-35-36(26-33)44(56)51(43(35)55)38-10-12-40(53)46-42(38)54/h1,3-9,13-16,25-27,38H,2,10-12,17-24H2,(H,46,53,54). The van der Waals surface area contributed by atoms with Gasteiger partial charge in [-0.15, -0.1) is 0 Å². The van der Waals surface area contributed by atoms with Gasteiger partial charge in [0.1, 0.15) is 24.1 Å². The summed E-state index contributed by atoms with van der Waals surface area (Å²) in [5, 5.41) is 7.23. The molecule has 0 radical (unpaired) electrons. The van der Waals surface area contributed by atoms with E-state index < -0.39 is 29.7 Å². The van der Waals surface area contributed by atoms with Crippen LogP contribution >= 0.6 is 0 Å². The molecule has 1 N–H and O–H groups in total. The number of ketones is 1. The molecule has 1 aliphatic carbocycles. The number of anilines is 1. The number of rotatable bonds is 12. The fourth-order valence-corrected chi connectivity index (χ4v) is 8.16. The zero-order valence-corrected chi connectivity index (χ0v) is 31.8. The molecular weight excluding hydrogens is 739 g/mol. The molecule has 2 saturated heterocycles. The summed E-state index contributed by atoms with van der Waals surface area (Å²) in [5.41, 5.74) is 8.30. The number of nitrogens with zero attached hydrogens (tertiary/aromatic N) is 6. The van der Waals surface area contributed by atoms with Crippen LogP contribution < -0.4 is 15.0 Å². The van der Waals surface area contributed by atoms with E-state index in [9.17, 15) is 24.0 Å². The number of carbonyl (C=O) groups excluding carboxylic acids is 5. The summed E-state index contributed by atoms with van der Waals surface area (Å²) in [6, 6.07) is 22.2. The molecule has 0 bridgehead atoms. The van der Waals surface area contributed by atoms with Gasteiger partial charge in [0.2, 0.25) is 11.8 Å². The van der Waals surface area contributed by atoms with Crippen molar-refractivity contribution in [2.45, 2.75) is 31.7 Å². The van der Waals surface area contributed by atoms with E-state index in [1.54, 1.807) is 18.5 Å². The number of imide groups is 2. The van der Waals surface area contributed by atoms with Crippen LogP contribution in [0, 0.1) is 0 Å². The Morgan fingerprint density at radius 2 is 1.45 bits per heavy atom. The van der Waals surface area contributed by atoms with E-state index in [0.29, 0.717) is 25.4 Å². The predicted molar refractivity (Wildman–Crippen MR) is 213 cm³/mol. The van der Waals surface area contributed by atoms with Crippen molar-refractivity contribution in [3.63, 3.8) is 0 Å². The molecule has 14 heteroatoms. The Bertz CT molecular complexity index is 2420. The largest absolute Gasteiger partial charge is 0.491 e. The SMILES string of the molecule is O=C1CCC(N2C(=O)c3ccc(OCCOCCN4CCN(c5ccc(-n6cc(-c7ccc8c(c7)CCC8=O)c(-c7ccncc7)n6)cc5)CC4)cc3C2=O)C(=O)N1. The number of aromatic nitrogens is 3. The number of fused-ring (bicyclic) bond motifs is 2. The molecule has 2 fully saturated rings. The molecule has 14 nitrogen and oxygen atoms in total. The van der Waals surface area contributed by atoms with Gasteiger partial charge in [-0.05, 0) is 78.6 Å². The molecule has 294 valence electrons. The fraction of sp³-hybridized carbons (Fsp3) is 0.295. The topological polar surface area (TPSA) is 156 Å². The predicted octanol–water partition coefficient (Wildman–Crippen LogP) is 4.35. The Kier molecular flexibility index (Phi) is 10.1. The summed E-state index contributed by atoms with van der Waals surface area (Å²) in [7, 11) is 0. The van der Waals surface area contributed by atoms with Crippen LogP contribution in [-0.2, 0) is 20.7 Å². The maximum absolute atomic E-state index is 13.1. The van der Waals surface area contributed by atoms with Crippen LogP contribution in [0.5, 0.6) is 5.75 Å². The normalized spacial score (nSPS) is 18.1. The van der Waals surface area contributed by atoms with E-state index in [1.807, 2.05) is 28.9 Å². The Hall–Kier alpha value is -6.51. The molecule has 2 aromatic heterocycles. The van der Waals surface area contributed by atoms with Gasteiger partial charge >= 0.3 is 0 Å². The lowest BCUT2D eigenvalue weighted by molar-refractivity contribution is -0.136. The molecule has 0 saturated carbocycles. The van der Waals surface area contributed by atoms with Crippen molar-refractivity contribution in [1.82, 2.24) is 29.9 Å². The first-order valence-corrected chi connectivity index (χ1v) is 19.6. The minimum atomic E-state index is -1.01. The minimum absolute atomic E-state index is 0.0679. The molecule has 58 heavy (non-hydrogen) atoms. The van der Waals surface area contributed by atoms with Crippen molar-refractivity contribution in [3.8, 4) is 33.8 Å². The highest BCUT2D eigenvalue weighted by atomic mass is 16.5. The van der Waals surface area contributed by atoms with Gasteiger partial charge in [-0.2, -0.15) is 5.10 Å². The van der Waals surface area contributed by atoms with Gasteiger partial charge in [-0.1, -0.05) is 18.2 Å². The number of hydrogen-bond donors (Lipinski definition) is 1. The van der Waals surface area contributed by atoms with Crippen LogP contribution in [0.25, 0.3) is 28.1 Å². The van der Waals surface area contributed by atoms with Crippen molar-refractivity contribution in [1.29, 1.82) is 0 Å². The molecule has 3 aromatic carbocycles. The van der Waals surface area contributed by atoms with E-state index >= 15 is 0 Å². The maximum atomic E-state index is 13.1. The van der Waals surface area contributed by atoms with Crippen LogP contribution in [0.4, 0.5) is 5.69 Å². The van der Waals surface area contributed by atoms with Gasteiger partial charge in [-0.3, -0.25) is 44.1 Å². The van der Waals surface area contributed by atoms with Crippen molar-refractivity contribution >= 4 is 35.1 Å². The summed E-state index contributed by atoms with van der Waals surface area (Å²) in [4.78, 5) is 72.1. The highest BCUT2D eigenvalue weighted by Gasteiger charge is 2.44. The fourth-order valence-electron chi connectivity index (χ4n) is 8.16. The van der Waals surface area contributed by atoms with Crippen LogP contribution in [-0.4, -0.2) is 113 Å². The van der Waals surface area contributed by atoms with Gasteiger partial charge in [0.25, 0.3) is 11.8 Å². The average molecular weight is 780 g/mol. The maximum Gasteiger partial charge on any atom is 0.262 e. The number of amides is 4. The third kappa shape index (κ3) is 7.27. The van der Waals surface area contributed by atoms with E-state index in [4.69, 9.17) is 14.6 Å². The third-order valence-electron chi connectivity index (χ3n) is 11.3. The first-order chi connectivity index (χ1) is 28.3. The minimum Gasteiger partial charge on any atom is -0.491 e. The van der Waals surface area contributed by atoms with Gasteiger partial charge in [-0.25, -0.2) is 4.68 Å². The molecule has 1 atom stereocenters. The quantitative estimate of drug-likeness (QED) is 0.142. The lowest BCUT2D eigenvalue weighted by Gasteiger charge is -2.36. The zero-order chi connectivity index (χ0) is 39.8. The van der Waals surface area contributed by atoms with Gasteiger partial charge < -0.3 is 14.4 Å². The molecular formula is C44H41N7O7. The van der Waals surface area contributed by atoms with Gasteiger partial charge in [0.05, 0.1) is 30.0 Å². The van der Waals surface area contributed by atoms with Crippen LogP contribution in [0.3, 0.4) is 0 Å². The number of Topliss-reactive ketones (excluding diaryl/α,β-unsaturated/α-hetero) is 1. The Morgan fingerprint density at radius 3 is 2.24 bits per heavy atom. The second-order valence-electron chi connectivity index (χ2n) is 14.8. The number of pyridine rings is 1.